The van der Waals surface area contributed by atoms with Crippen molar-refractivity contribution >= 4 is 5.69 Å². The normalized spacial score (nSPS) is 9.83. The quantitative estimate of drug-likeness (QED) is 0.439. The highest BCUT2D eigenvalue weighted by molar-refractivity contribution is 5.49. The van der Waals surface area contributed by atoms with Gasteiger partial charge in [-0.25, -0.2) is 0 Å². The molecule has 5 heteroatoms. The molecular weight excluding hydrogens is 232 g/mol. The van der Waals surface area contributed by atoms with E-state index >= 15 is 0 Å². The van der Waals surface area contributed by atoms with Gasteiger partial charge in [-0.05, 0) is 38.3 Å². The summed E-state index contributed by atoms with van der Waals surface area (Å²) in [6, 6.07) is 5.28. The molecule has 1 aromatic rings. The van der Waals surface area contributed by atoms with Crippen LogP contribution in [0.5, 0.6) is 5.75 Å². The van der Waals surface area contributed by atoms with E-state index in [1.807, 2.05) is 6.92 Å². The SMILES string of the molecule is Cc1cc(C)c([N+](=O)[O-])cc1OCCCCC#N. The maximum atomic E-state index is 10.8. The molecule has 18 heavy (non-hydrogen) atoms. The summed E-state index contributed by atoms with van der Waals surface area (Å²) in [6.45, 7) is 4.05. The lowest BCUT2D eigenvalue weighted by Crippen LogP contribution is -2.01. The summed E-state index contributed by atoms with van der Waals surface area (Å²) >= 11 is 0. The Hall–Kier alpha value is -2.09. The van der Waals surface area contributed by atoms with E-state index in [0.29, 0.717) is 24.3 Å². The molecule has 96 valence electrons. The van der Waals surface area contributed by atoms with Crippen LogP contribution in [0.1, 0.15) is 30.4 Å². The van der Waals surface area contributed by atoms with Crippen LogP contribution in [0.3, 0.4) is 0 Å². The van der Waals surface area contributed by atoms with E-state index in [4.69, 9.17) is 10.00 Å². The maximum absolute atomic E-state index is 10.8. The zero-order valence-corrected chi connectivity index (χ0v) is 10.6. The summed E-state index contributed by atoms with van der Waals surface area (Å²) in [5, 5.41) is 19.2. The molecule has 0 amide bonds. The fraction of sp³-hybridized carbons (Fsp3) is 0.462. The molecule has 0 unspecified atom stereocenters. The Labute approximate surface area is 106 Å². The van der Waals surface area contributed by atoms with Crippen molar-refractivity contribution in [3.05, 3.63) is 33.4 Å². The number of benzene rings is 1. The van der Waals surface area contributed by atoms with Crippen molar-refractivity contribution in [3.8, 4) is 11.8 Å². The fourth-order valence-electron chi connectivity index (χ4n) is 1.66. The van der Waals surface area contributed by atoms with Crippen molar-refractivity contribution < 1.29 is 9.66 Å². The molecule has 0 saturated carbocycles. The molecule has 0 atom stereocenters. The molecule has 0 spiro atoms. The van der Waals surface area contributed by atoms with Gasteiger partial charge in [0.15, 0.2) is 0 Å². The molecule has 0 saturated heterocycles. The molecule has 0 bridgehead atoms. The Morgan fingerprint density at radius 1 is 1.33 bits per heavy atom. The van der Waals surface area contributed by atoms with Crippen LogP contribution in [-0.4, -0.2) is 11.5 Å². The van der Waals surface area contributed by atoms with Crippen LogP contribution >= 0.6 is 0 Å². The van der Waals surface area contributed by atoms with Crippen LogP contribution in [0.2, 0.25) is 0 Å². The van der Waals surface area contributed by atoms with Gasteiger partial charge in [0.25, 0.3) is 5.69 Å². The van der Waals surface area contributed by atoms with Crippen LogP contribution in [0, 0.1) is 35.3 Å². The van der Waals surface area contributed by atoms with Crippen LogP contribution < -0.4 is 4.74 Å². The third kappa shape index (κ3) is 3.74. The number of nitro benzene ring substituents is 1. The Kier molecular flexibility index (Phi) is 5.12. The van der Waals surface area contributed by atoms with E-state index in [-0.39, 0.29) is 5.69 Å². The molecule has 5 nitrogen and oxygen atoms in total. The van der Waals surface area contributed by atoms with Gasteiger partial charge >= 0.3 is 0 Å². The van der Waals surface area contributed by atoms with Crippen molar-refractivity contribution in [2.45, 2.75) is 33.1 Å². The van der Waals surface area contributed by atoms with E-state index in [2.05, 4.69) is 6.07 Å². The average molecular weight is 248 g/mol. The first-order valence-corrected chi connectivity index (χ1v) is 5.81. The summed E-state index contributed by atoms with van der Waals surface area (Å²) in [4.78, 5) is 10.4. The second-order valence-electron chi connectivity index (χ2n) is 4.12. The fourth-order valence-corrected chi connectivity index (χ4v) is 1.66. The zero-order valence-electron chi connectivity index (χ0n) is 10.6. The largest absolute Gasteiger partial charge is 0.493 e. The minimum absolute atomic E-state index is 0.0765. The van der Waals surface area contributed by atoms with Crippen molar-refractivity contribution in [1.82, 2.24) is 0 Å². The molecule has 0 N–H and O–H groups in total. The molecule has 0 heterocycles. The first kappa shape index (κ1) is 14.0. The summed E-state index contributed by atoms with van der Waals surface area (Å²) in [6.07, 6.45) is 2.06. The smallest absolute Gasteiger partial charge is 0.276 e. The molecule has 1 rings (SSSR count). The second kappa shape index (κ2) is 6.60. The number of aryl methyl sites for hydroxylation is 2. The highest BCUT2D eigenvalue weighted by atomic mass is 16.6. The van der Waals surface area contributed by atoms with Gasteiger partial charge in [-0.15, -0.1) is 0 Å². The molecule has 0 radical (unpaired) electrons. The number of nitrogens with zero attached hydrogens (tertiary/aromatic N) is 2. The van der Waals surface area contributed by atoms with E-state index in [1.165, 1.54) is 6.07 Å². The van der Waals surface area contributed by atoms with Crippen molar-refractivity contribution in [2.24, 2.45) is 0 Å². The lowest BCUT2D eigenvalue weighted by molar-refractivity contribution is -0.385. The minimum atomic E-state index is -0.405. The Balaban J connectivity index is 2.68. The van der Waals surface area contributed by atoms with E-state index in [1.54, 1.807) is 13.0 Å². The van der Waals surface area contributed by atoms with Crippen molar-refractivity contribution in [3.63, 3.8) is 0 Å². The molecule has 0 aliphatic carbocycles. The number of nitro groups is 1. The van der Waals surface area contributed by atoms with E-state index in [9.17, 15) is 10.1 Å². The highest BCUT2D eigenvalue weighted by Gasteiger charge is 2.14. The number of rotatable bonds is 6. The number of ether oxygens (including phenoxy) is 1. The van der Waals surface area contributed by atoms with Crippen molar-refractivity contribution in [2.75, 3.05) is 6.61 Å². The Morgan fingerprint density at radius 2 is 2.06 bits per heavy atom. The maximum Gasteiger partial charge on any atom is 0.276 e. The molecule has 1 aromatic carbocycles. The Bertz CT molecular complexity index is 478. The summed E-state index contributed by atoms with van der Waals surface area (Å²) in [7, 11) is 0. The van der Waals surface area contributed by atoms with Gasteiger partial charge in [0.2, 0.25) is 0 Å². The topological polar surface area (TPSA) is 76.2 Å². The van der Waals surface area contributed by atoms with Gasteiger partial charge in [0, 0.05) is 12.0 Å². The summed E-state index contributed by atoms with van der Waals surface area (Å²) in [5.74, 6) is 0.546. The first-order valence-electron chi connectivity index (χ1n) is 5.81. The summed E-state index contributed by atoms with van der Waals surface area (Å²) in [5.41, 5.74) is 1.60. The third-order valence-electron chi connectivity index (χ3n) is 2.63. The average Bonchev–Trinajstić information content (AvgIpc) is 2.30. The lowest BCUT2D eigenvalue weighted by atomic mass is 10.1. The van der Waals surface area contributed by atoms with E-state index < -0.39 is 4.92 Å². The van der Waals surface area contributed by atoms with Crippen LogP contribution in [0.4, 0.5) is 5.69 Å². The van der Waals surface area contributed by atoms with Gasteiger partial charge in [-0.2, -0.15) is 5.26 Å². The van der Waals surface area contributed by atoms with Gasteiger partial charge in [-0.3, -0.25) is 10.1 Å². The molecular formula is C13H16N2O3. The predicted molar refractivity (Wildman–Crippen MR) is 67.5 cm³/mol. The lowest BCUT2D eigenvalue weighted by Gasteiger charge is -2.09. The van der Waals surface area contributed by atoms with Gasteiger partial charge in [0.1, 0.15) is 5.75 Å². The molecule has 0 aliphatic heterocycles. The van der Waals surface area contributed by atoms with Gasteiger partial charge in [-0.1, -0.05) is 0 Å². The molecule has 0 aromatic heterocycles. The standard InChI is InChI=1S/C13H16N2O3/c1-10-8-11(2)13(9-12(10)15(16)17)18-7-5-3-4-6-14/h8-9H,3-5,7H2,1-2H3. The predicted octanol–water partition coefficient (Wildman–Crippen LogP) is 3.28. The minimum Gasteiger partial charge on any atom is -0.493 e. The monoisotopic (exact) mass is 248 g/mol. The number of hydrogen-bond acceptors (Lipinski definition) is 4. The third-order valence-corrected chi connectivity index (χ3v) is 2.63. The Morgan fingerprint density at radius 3 is 2.67 bits per heavy atom. The van der Waals surface area contributed by atoms with Crippen molar-refractivity contribution in [1.29, 1.82) is 5.26 Å². The first-order chi connectivity index (χ1) is 8.56. The molecule has 0 aliphatic rings. The van der Waals surface area contributed by atoms with Gasteiger partial charge < -0.3 is 4.74 Å². The van der Waals surface area contributed by atoms with E-state index in [0.717, 1.165) is 18.4 Å². The zero-order chi connectivity index (χ0) is 13.5. The summed E-state index contributed by atoms with van der Waals surface area (Å²) < 4.78 is 5.52. The number of unbranched alkanes of at least 4 members (excludes halogenated alkanes) is 2. The number of hydrogen-bond donors (Lipinski definition) is 0. The molecule has 0 fully saturated rings. The van der Waals surface area contributed by atoms with Crippen LogP contribution in [0.15, 0.2) is 12.1 Å². The highest BCUT2D eigenvalue weighted by Crippen LogP contribution is 2.28. The van der Waals surface area contributed by atoms with Crippen LogP contribution in [0.25, 0.3) is 0 Å². The van der Waals surface area contributed by atoms with Crippen LogP contribution in [-0.2, 0) is 0 Å². The van der Waals surface area contributed by atoms with Gasteiger partial charge in [0.05, 0.1) is 23.7 Å². The second-order valence-corrected chi connectivity index (χ2v) is 4.12. The number of nitriles is 1.